The predicted octanol–water partition coefficient (Wildman–Crippen LogP) is 0.612. The Kier molecular flexibility index (Phi) is 3.67. The van der Waals surface area contributed by atoms with Crippen molar-refractivity contribution >= 4 is 5.91 Å². The molecule has 1 aliphatic rings. The highest BCUT2D eigenvalue weighted by Gasteiger charge is 2.20. The molecule has 1 amide bonds. The van der Waals surface area contributed by atoms with Crippen molar-refractivity contribution in [1.82, 2.24) is 30.1 Å². The number of likely N-dealkylation sites (tertiary alicyclic amines) is 1. The van der Waals surface area contributed by atoms with Crippen molar-refractivity contribution in [3.63, 3.8) is 0 Å². The summed E-state index contributed by atoms with van der Waals surface area (Å²) < 4.78 is 1.52. The standard InChI is InChI=1S/C13H16N6O/c20-13(18-8-4-1-5-9-18)10-12-15-16-17-19(12)11-6-2-3-7-14-11/h2-3,6-7H,1,4-5,8-10H2. The fraction of sp³-hybridized carbons (Fsp3) is 0.462. The highest BCUT2D eigenvalue weighted by atomic mass is 16.2. The van der Waals surface area contributed by atoms with Gasteiger partial charge < -0.3 is 4.90 Å². The number of rotatable bonds is 3. The van der Waals surface area contributed by atoms with E-state index >= 15 is 0 Å². The number of nitrogens with zero attached hydrogens (tertiary/aromatic N) is 6. The molecule has 0 saturated carbocycles. The number of carbonyl (C=O) groups is 1. The molecule has 7 heteroatoms. The summed E-state index contributed by atoms with van der Waals surface area (Å²) in [6.07, 6.45) is 5.25. The lowest BCUT2D eigenvalue weighted by Gasteiger charge is -2.26. The molecule has 7 nitrogen and oxygen atoms in total. The van der Waals surface area contributed by atoms with Crippen molar-refractivity contribution in [2.24, 2.45) is 0 Å². The smallest absolute Gasteiger partial charge is 0.230 e. The van der Waals surface area contributed by atoms with Gasteiger partial charge in [0.2, 0.25) is 5.91 Å². The van der Waals surface area contributed by atoms with Crippen LogP contribution in [0.15, 0.2) is 24.4 Å². The van der Waals surface area contributed by atoms with Gasteiger partial charge in [-0.3, -0.25) is 4.79 Å². The summed E-state index contributed by atoms with van der Waals surface area (Å²) in [6, 6.07) is 5.50. The summed E-state index contributed by atoms with van der Waals surface area (Å²) in [7, 11) is 0. The number of pyridine rings is 1. The summed E-state index contributed by atoms with van der Waals surface area (Å²) in [5.41, 5.74) is 0. The lowest BCUT2D eigenvalue weighted by Crippen LogP contribution is -2.37. The number of aromatic nitrogens is 5. The molecule has 0 aliphatic carbocycles. The van der Waals surface area contributed by atoms with Crippen LogP contribution in [0.5, 0.6) is 0 Å². The predicted molar refractivity (Wildman–Crippen MR) is 71.1 cm³/mol. The fourth-order valence-corrected chi connectivity index (χ4v) is 2.36. The maximum Gasteiger partial charge on any atom is 0.230 e. The van der Waals surface area contributed by atoms with E-state index in [1.54, 1.807) is 6.20 Å². The highest BCUT2D eigenvalue weighted by molar-refractivity contribution is 5.78. The van der Waals surface area contributed by atoms with E-state index in [9.17, 15) is 4.79 Å². The summed E-state index contributed by atoms with van der Waals surface area (Å²) in [5, 5.41) is 11.5. The van der Waals surface area contributed by atoms with Crippen LogP contribution in [0.3, 0.4) is 0 Å². The number of carbonyl (C=O) groups excluding carboxylic acids is 1. The first kappa shape index (κ1) is 12.7. The van der Waals surface area contributed by atoms with E-state index in [1.807, 2.05) is 23.1 Å². The van der Waals surface area contributed by atoms with Crippen LogP contribution in [0.1, 0.15) is 25.1 Å². The normalized spacial score (nSPS) is 15.3. The molecule has 0 radical (unpaired) electrons. The molecule has 1 aliphatic heterocycles. The van der Waals surface area contributed by atoms with Gasteiger partial charge >= 0.3 is 0 Å². The second kappa shape index (κ2) is 5.77. The fourth-order valence-electron chi connectivity index (χ4n) is 2.36. The van der Waals surface area contributed by atoms with E-state index in [0.717, 1.165) is 25.9 Å². The molecule has 104 valence electrons. The Hall–Kier alpha value is -2.31. The molecule has 0 atom stereocenters. The Bertz CT molecular complexity index is 576. The average Bonchev–Trinajstić information content (AvgIpc) is 2.97. The molecule has 0 aromatic carbocycles. The quantitative estimate of drug-likeness (QED) is 0.818. The van der Waals surface area contributed by atoms with Gasteiger partial charge in [0.05, 0.1) is 6.42 Å². The monoisotopic (exact) mass is 272 g/mol. The van der Waals surface area contributed by atoms with Gasteiger partial charge in [-0.25, -0.2) is 4.98 Å². The van der Waals surface area contributed by atoms with Crippen molar-refractivity contribution in [3.05, 3.63) is 30.2 Å². The van der Waals surface area contributed by atoms with Gasteiger partial charge in [-0.15, -0.1) is 5.10 Å². The summed E-state index contributed by atoms with van der Waals surface area (Å²) in [6.45, 7) is 1.67. The third-order valence-corrected chi connectivity index (χ3v) is 3.42. The molecule has 3 rings (SSSR count). The molecule has 1 fully saturated rings. The molecular weight excluding hydrogens is 256 g/mol. The Balaban J connectivity index is 1.75. The van der Waals surface area contributed by atoms with Crippen LogP contribution in [0, 0.1) is 0 Å². The van der Waals surface area contributed by atoms with Crippen molar-refractivity contribution < 1.29 is 4.79 Å². The van der Waals surface area contributed by atoms with Crippen LogP contribution in [0.25, 0.3) is 5.82 Å². The average molecular weight is 272 g/mol. The lowest BCUT2D eigenvalue weighted by atomic mass is 10.1. The van der Waals surface area contributed by atoms with E-state index in [1.165, 1.54) is 11.1 Å². The van der Waals surface area contributed by atoms with Gasteiger partial charge in [-0.1, -0.05) is 6.07 Å². The first-order valence-electron chi connectivity index (χ1n) is 6.81. The van der Waals surface area contributed by atoms with Crippen LogP contribution in [-0.2, 0) is 11.2 Å². The SMILES string of the molecule is O=C(Cc1nnnn1-c1ccccn1)N1CCCCC1. The zero-order chi connectivity index (χ0) is 13.8. The maximum atomic E-state index is 12.2. The molecule has 0 bridgehead atoms. The third kappa shape index (κ3) is 2.66. The minimum Gasteiger partial charge on any atom is -0.342 e. The van der Waals surface area contributed by atoms with Crippen molar-refractivity contribution in [2.45, 2.75) is 25.7 Å². The van der Waals surface area contributed by atoms with Crippen molar-refractivity contribution in [1.29, 1.82) is 0 Å². The van der Waals surface area contributed by atoms with Gasteiger partial charge in [0.15, 0.2) is 11.6 Å². The van der Waals surface area contributed by atoms with E-state index in [4.69, 9.17) is 0 Å². The number of piperidine rings is 1. The highest BCUT2D eigenvalue weighted by Crippen LogP contribution is 2.11. The molecule has 0 N–H and O–H groups in total. The molecule has 2 aromatic heterocycles. The first-order valence-corrected chi connectivity index (χ1v) is 6.81. The van der Waals surface area contributed by atoms with Gasteiger partial charge in [0.25, 0.3) is 0 Å². The minimum absolute atomic E-state index is 0.0803. The molecular formula is C13H16N6O. The number of tetrazole rings is 1. The van der Waals surface area contributed by atoms with Gasteiger partial charge in [0.1, 0.15) is 0 Å². The summed E-state index contributed by atoms with van der Waals surface area (Å²) >= 11 is 0. The maximum absolute atomic E-state index is 12.2. The van der Waals surface area contributed by atoms with E-state index in [-0.39, 0.29) is 12.3 Å². The summed E-state index contributed by atoms with van der Waals surface area (Å²) in [4.78, 5) is 18.3. The number of hydrogen-bond donors (Lipinski definition) is 0. The van der Waals surface area contributed by atoms with Crippen LogP contribution in [0.2, 0.25) is 0 Å². The number of amides is 1. The molecule has 2 aromatic rings. The topological polar surface area (TPSA) is 76.8 Å². The lowest BCUT2D eigenvalue weighted by molar-refractivity contribution is -0.131. The zero-order valence-electron chi connectivity index (χ0n) is 11.1. The van der Waals surface area contributed by atoms with Gasteiger partial charge in [-0.2, -0.15) is 4.68 Å². The second-order valence-corrected chi connectivity index (χ2v) is 4.81. The molecule has 20 heavy (non-hydrogen) atoms. The van der Waals surface area contributed by atoms with Crippen molar-refractivity contribution in [2.75, 3.05) is 13.1 Å². The van der Waals surface area contributed by atoms with E-state index in [2.05, 4.69) is 20.5 Å². The van der Waals surface area contributed by atoms with E-state index < -0.39 is 0 Å². The van der Waals surface area contributed by atoms with Crippen LogP contribution in [-0.4, -0.2) is 49.1 Å². The molecule has 0 unspecified atom stereocenters. The largest absolute Gasteiger partial charge is 0.342 e. The van der Waals surface area contributed by atoms with Crippen LogP contribution >= 0.6 is 0 Å². The van der Waals surface area contributed by atoms with Crippen LogP contribution < -0.4 is 0 Å². The van der Waals surface area contributed by atoms with Crippen LogP contribution in [0.4, 0.5) is 0 Å². The summed E-state index contributed by atoms with van der Waals surface area (Å²) in [5.74, 6) is 1.23. The molecule has 0 spiro atoms. The second-order valence-electron chi connectivity index (χ2n) is 4.81. The third-order valence-electron chi connectivity index (χ3n) is 3.42. The van der Waals surface area contributed by atoms with Crippen molar-refractivity contribution in [3.8, 4) is 5.82 Å². The van der Waals surface area contributed by atoms with Gasteiger partial charge in [0, 0.05) is 19.3 Å². The molecule has 1 saturated heterocycles. The minimum atomic E-state index is 0.0803. The Morgan fingerprint density at radius 2 is 2.05 bits per heavy atom. The first-order chi connectivity index (χ1) is 9.84. The van der Waals surface area contributed by atoms with E-state index in [0.29, 0.717) is 11.6 Å². The number of hydrogen-bond acceptors (Lipinski definition) is 5. The molecule has 3 heterocycles. The Morgan fingerprint density at radius 3 is 2.80 bits per heavy atom. The zero-order valence-corrected chi connectivity index (χ0v) is 11.1. The Morgan fingerprint density at radius 1 is 1.20 bits per heavy atom. The Labute approximate surface area is 116 Å². The van der Waals surface area contributed by atoms with Gasteiger partial charge in [-0.05, 0) is 41.8 Å².